The van der Waals surface area contributed by atoms with Crippen LogP contribution in [0.5, 0.6) is 0 Å². The van der Waals surface area contributed by atoms with Crippen LogP contribution in [-0.4, -0.2) is 29.6 Å². The highest BCUT2D eigenvalue weighted by atomic mass is 16.6. The smallest absolute Gasteiger partial charge is 0.309 e. The second-order valence-corrected chi connectivity index (χ2v) is 15.6. The van der Waals surface area contributed by atoms with Crippen LogP contribution in [0.15, 0.2) is 24.3 Å². The third kappa shape index (κ3) is 3.23. The summed E-state index contributed by atoms with van der Waals surface area (Å²) in [6.07, 6.45) is 16.9. The zero-order valence-electron chi connectivity index (χ0n) is 23.0. The van der Waals surface area contributed by atoms with E-state index in [9.17, 15) is 9.59 Å². The lowest BCUT2D eigenvalue weighted by molar-refractivity contribution is -0.178. The SMILES string of the molecule is CC(C)(COC(C)(C)C(=O)C1CC2CC1C1C3C=CC(C3)C21)OC(=O)C1CC2CC1C1C3C=CC(C3)C21. The van der Waals surface area contributed by atoms with Crippen molar-refractivity contribution in [1.29, 1.82) is 0 Å². The third-order valence-electron chi connectivity index (χ3n) is 12.9. The first-order chi connectivity index (χ1) is 17.6. The summed E-state index contributed by atoms with van der Waals surface area (Å²) < 4.78 is 12.5. The molecule has 0 N–H and O–H groups in total. The summed E-state index contributed by atoms with van der Waals surface area (Å²) in [5.41, 5.74) is -1.59. The number of fused-ring (bicyclic) bond motifs is 18. The molecule has 14 atom stereocenters. The van der Waals surface area contributed by atoms with Crippen molar-refractivity contribution in [3.05, 3.63) is 24.3 Å². The lowest BCUT2D eigenvalue weighted by Crippen LogP contribution is -2.47. The van der Waals surface area contributed by atoms with Gasteiger partial charge in [0.15, 0.2) is 5.78 Å². The van der Waals surface area contributed by atoms with E-state index in [2.05, 4.69) is 24.3 Å². The summed E-state index contributed by atoms with van der Waals surface area (Å²) in [6, 6.07) is 0. The van der Waals surface area contributed by atoms with Gasteiger partial charge in [0.05, 0.1) is 12.5 Å². The van der Waals surface area contributed by atoms with Gasteiger partial charge in [-0.3, -0.25) is 9.59 Å². The second-order valence-electron chi connectivity index (χ2n) is 15.6. The van der Waals surface area contributed by atoms with Gasteiger partial charge in [0, 0.05) is 5.92 Å². The van der Waals surface area contributed by atoms with Crippen LogP contribution >= 0.6 is 0 Å². The molecule has 8 aliphatic carbocycles. The van der Waals surface area contributed by atoms with Crippen LogP contribution in [-0.2, 0) is 19.1 Å². The van der Waals surface area contributed by atoms with Gasteiger partial charge in [-0.05, 0) is 137 Å². The average molecular weight is 505 g/mol. The summed E-state index contributed by atoms with van der Waals surface area (Å²) in [4.78, 5) is 27.2. The average Bonchev–Trinajstić information content (AvgIpc) is 3.69. The molecule has 0 spiro atoms. The summed E-state index contributed by atoms with van der Waals surface area (Å²) in [5, 5.41) is 0. The molecule has 0 heterocycles. The van der Waals surface area contributed by atoms with Crippen LogP contribution in [0.25, 0.3) is 0 Å². The molecule has 0 amide bonds. The van der Waals surface area contributed by atoms with E-state index in [0.29, 0.717) is 35.5 Å². The quantitative estimate of drug-likeness (QED) is 0.248. The normalized spacial score (nSPS) is 51.4. The zero-order valence-corrected chi connectivity index (χ0v) is 23.0. The Morgan fingerprint density at radius 3 is 1.73 bits per heavy atom. The Hall–Kier alpha value is -1.42. The van der Waals surface area contributed by atoms with E-state index in [1.165, 1.54) is 25.7 Å². The van der Waals surface area contributed by atoms with E-state index < -0.39 is 11.2 Å². The van der Waals surface area contributed by atoms with Crippen molar-refractivity contribution in [2.45, 2.75) is 77.4 Å². The number of ether oxygens (including phenoxy) is 2. The Labute approximate surface area is 222 Å². The van der Waals surface area contributed by atoms with Gasteiger partial charge >= 0.3 is 5.97 Å². The number of hydrogen-bond donors (Lipinski definition) is 0. The Balaban J connectivity index is 0.890. The molecular formula is C33H44O4. The topological polar surface area (TPSA) is 52.6 Å². The maximum absolute atomic E-state index is 13.8. The van der Waals surface area contributed by atoms with Crippen molar-refractivity contribution in [2.75, 3.05) is 6.61 Å². The van der Waals surface area contributed by atoms with Crippen LogP contribution in [0.4, 0.5) is 0 Å². The number of hydrogen-bond acceptors (Lipinski definition) is 4. The van der Waals surface area contributed by atoms with E-state index in [1.807, 2.05) is 27.7 Å². The molecule has 8 aliphatic rings. The number of allylic oxidation sites excluding steroid dienone is 4. The Kier molecular flexibility index (Phi) is 4.83. The number of carbonyl (C=O) groups is 2. The zero-order chi connectivity index (χ0) is 25.4. The molecule has 0 aromatic rings. The van der Waals surface area contributed by atoms with Crippen LogP contribution in [0.1, 0.15) is 66.2 Å². The molecule has 0 saturated heterocycles. The first kappa shape index (κ1) is 23.5. The van der Waals surface area contributed by atoms with Gasteiger partial charge in [0.2, 0.25) is 0 Å². The van der Waals surface area contributed by atoms with Gasteiger partial charge in [-0.2, -0.15) is 0 Å². The van der Waals surface area contributed by atoms with Gasteiger partial charge in [-0.15, -0.1) is 0 Å². The maximum atomic E-state index is 13.8. The van der Waals surface area contributed by atoms with Crippen LogP contribution in [0.2, 0.25) is 0 Å². The van der Waals surface area contributed by atoms with Crippen molar-refractivity contribution < 1.29 is 19.1 Å². The van der Waals surface area contributed by atoms with Crippen LogP contribution < -0.4 is 0 Å². The van der Waals surface area contributed by atoms with E-state index in [1.54, 1.807) is 0 Å². The minimum absolute atomic E-state index is 0.0288. The fourth-order valence-corrected chi connectivity index (χ4v) is 11.9. The maximum Gasteiger partial charge on any atom is 0.309 e. The Morgan fingerprint density at radius 2 is 1.16 bits per heavy atom. The summed E-state index contributed by atoms with van der Waals surface area (Å²) >= 11 is 0. The van der Waals surface area contributed by atoms with Crippen molar-refractivity contribution >= 4 is 11.8 Å². The number of esters is 1. The minimum atomic E-state index is -0.850. The number of Topliss-reactive ketones (excluding diaryl/α,β-unsaturated/α-hetero) is 1. The highest BCUT2D eigenvalue weighted by Gasteiger charge is 2.64. The molecule has 6 fully saturated rings. The van der Waals surface area contributed by atoms with Crippen molar-refractivity contribution in [3.63, 3.8) is 0 Å². The Morgan fingerprint density at radius 1 is 0.676 bits per heavy atom. The van der Waals surface area contributed by atoms with Gasteiger partial charge in [0.1, 0.15) is 11.2 Å². The molecular weight excluding hydrogens is 460 g/mol. The van der Waals surface area contributed by atoms with Crippen LogP contribution in [0.3, 0.4) is 0 Å². The van der Waals surface area contributed by atoms with Crippen molar-refractivity contribution in [2.24, 2.45) is 82.9 Å². The fourth-order valence-electron chi connectivity index (χ4n) is 11.9. The summed E-state index contributed by atoms with van der Waals surface area (Å²) in [5.74, 6) is 8.94. The van der Waals surface area contributed by atoms with Crippen molar-refractivity contribution in [1.82, 2.24) is 0 Å². The highest BCUT2D eigenvalue weighted by Crippen LogP contribution is 2.68. The predicted molar refractivity (Wildman–Crippen MR) is 140 cm³/mol. The standard InChI is InChI=1S/C33H44O4/c1-32(2,37-31(35)25-14-21-12-23(25)29-19-8-6-17(10-19)27(21)29)15-36-33(3,4)30(34)24-13-20-11-22(24)28-18-7-5-16(9-18)26(20)28/h5-8,16-29H,9-15H2,1-4H3. The lowest BCUT2D eigenvalue weighted by Gasteiger charge is -2.40. The second kappa shape index (κ2) is 7.61. The molecule has 8 bridgehead atoms. The van der Waals surface area contributed by atoms with Gasteiger partial charge in [0.25, 0.3) is 0 Å². The first-order valence-corrected chi connectivity index (χ1v) is 15.4. The molecule has 37 heavy (non-hydrogen) atoms. The summed E-state index contributed by atoms with van der Waals surface area (Å²) in [7, 11) is 0. The molecule has 0 aromatic heterocycles. The molecule has 4 nitrogen and oxygen atoms in total. The predicted octanol–water partition coefficient (Wildman–Crippen LogP) is 5.86. The van der Waals surface area contributed by atoms with E-state index in [4.69, 9.17) is 9.47 Å². The minimum Gasteiger partial charge on any atom is -0.457 e. The monoisotopic (exact) mass is 504 g/mol. The highest BCUT2D eigenvalue weighted by molar-refractivity contribution is 5.89. The van der Waals surface area contributed by atoms with Gasteiger partial charge in [-0.1, -0.05) is 24.3 Å². The van der Waals surface area contributed by atoms with E-state index in [-0.39, 0.29) is 30.2 Å². The fraction of sp³-hybridized carbons (Fsp3) is 0.818. The lowest BCUT2D eigenvalue weighted by atomic mass is 9.67. The first-order valence-electron chi connectivity index (χ1n) is 15.4. The molecule has 200 valence electrons. The molecule has 0 radical (unpaired) electrons. The van der Waals surface area contributed by atoms with Crippen LogP contribution in [0, 0.1) is 82.9 Å². The number of ketones is 1. The molecule has 8 rings (SSSR count). The molecule has 14 unspecified atom stereocenters. The number of rotatable bonds is 7. The van der Waals surface area contributed by atoms with E-state index in [0.717, 1.165) is 48.3 Å². The molecule has 4 heteroatoms. The molecule has 0 aliphatic heterocycles. The molecule has 6 saturated carbocycles. The largest absolute Gasteiger partial charge is 0.457 e. The third-order valence-corrected chi connectivity index (χ3v) is 12.9. The molecule has 0 aromatic carbocycles. The van der Waals surface area contributed by atoms with E-state index >= 15 is 0 Å². The van der Waals surface area contributed by atoms with Gasteiger partial charge < -0.3 is 9.47 Å². The Bertz CT molecular complexity index is 1080. The number of carbonyl (C=O) groups excluding carboxylic acids is 2. The summed E-state index contributed by atoms with van der Waals surface area (Å²) in [6.45, 7) is 8.04. The van der Waals surface area contributed by atoms with Crippen molar-refractivity contribution in [3.8, 4) is 0 Å². The van der Waals surface area contributed by atoms with Gasteiger partial charge in [-0.25, -0.2) is 0 Å².